The first kappa shape index (κ1) is 14.8. The average Bonchev–Trinajstić information content (AvgIpc) is 2.94. The lowest BCUT2D eigenvalue weighted by Gasteiger charge is -2.17. The van der Waals surface area contributed by atoms with Crippen LogP contribution < -0.4 is 5.32 Å². The van der Waals surface area contributed by atoms with Gasteiger partial charge in [0.15, 0.2) is 0 Å². The van der Waals surface area contributed by atoms with Crippen molar-refractivity contribution in [2.24, 2.45) is 7.05 Å². The van der Waals surface area contributed by atoms with E-state index in [1.54, 1.807) is 17.9 Å². The standard InChI is InChI=1S/C15H17N3O3/c1-18-10-12(9-16-18)15(20)17-13(8-14(19)21-2)11-6-4-3-5-7-11/h3-7,9-10,13H,8H2,1-2H3,(H,17,20)/t13-/m0/s1. The Labute approximate surface area is 122 Å². The van der Waals surface area contributed by atoms with Gasteiger partial charge in [-0.15, -0.1) is 0 Å². The molecule has 6 heteroatoms. The summed E-state index contributed by atoms with van der Waals surface area (Å²) in [6, 6.07) is 8.87. The first-order chi connectivity index (χ1) is 10.1. The monoisotopic (exact) mass is 287 g/mol. The fourth-order valence-electron chi connectivity index (χ4n) is 1.97. The minimum atomic E-state index is -0.439. The highest BCUT2D eigenvalue weighted by atomic mass is 16.5. The molecule has 0 aliphatic heterocycles. The Balaban J connectivity index is 2.16. The summed E-state index contributed by atoms with van der Waals surface area (Å²) in [7, 11) is 3.06. The molecule has 1 heterocycles. The molecule has 1 aromatic heterocycles. The van der Waals surface area contributed by atoms with Crippen molar-refractivity contribution in [1.82, 2.24) is 15.1 Å². The molecule has 1 atom stereocenters. The van der Waals surface area contributed by atoms with Gasteiger partial charge in [0.05, 0.1) is 31.3 Å². The number of aryl methyl sites for hydroxylation is 1. The molecule has 0 fully saturated rings. The van der Waals surface area contributed by atoms with E-state index in [2.05, 4.69) is 15.2 Å². The Bertz CT molecular complexity index is 622. The zero-order valence-corrected chi connectivity index (χ0v) is 11.9. The molecule has 2 aromatic rings. The molecule has 2 rings (SSSR count). The molecule has 1 N–H and O–H groups in total. The van der Waals surface area contributed by atoms with E-state index < -0.39 is 6.04 Å². The van der Waals surface area contributed by atoms with E-state index in [0.717, 1.165) is 5.56 Å². The molecule has 6 nitrogen and oxygen atoms in total. The molecule has 0 saturated carbocycles. The van der Waals surface area contributed by atoms with Gasteiger partial charge in [0, 0.05) is 13.2 Å². The lowest BCUT2D eigenvalue weighted by atomic mass is 10.0. The van der Waals surface area contributed by atoms with Crippen molar-refractivity contribution >= 4 is 11.9 Å². The number of aromatic nitrogens is 2. The topological polar surface area (TPSA) is 73.2 Å². The summed E-state index contributed by atoms with van der Waals surface area (Å²) in [5.41, 5.74) is 1.29. The van der Waals surface area contributed by atoms with Crippen LogP contribution in [0.3, 0.4) is 0 Å². The van der Waals surface area contributed by atoms with Crippen molar-refractivity contribution in [3.63, 3.8) is 0 Å². The second-order valence-electron chi connectivity index (χ2n) is 4.62. The van der Waals surface area contributed by atoms with Gasteiger partial charge >= 0.3 is 5.97 Å². The molecule has 0 aliphatic carbocycles. The molecule has 0 aliphatic rings. The lowest BCUT2D eigenvalue weighted by molar-refractivity contribution is -0.141. The van der Waals surface area contributed by atoms with E-state index >= 15 is 0 Å². The van der Waals surface area contributed by atoms with Crippen LogP contribution in [0.2, 0.25) is 0 Å². The Morgan fingerprint density at radius 1 is 1.33 bits per heavy atom. The Hall–Kier alpha value is -2.63. The molecule has 0 saturated heterocycles. The van der Waals surface area contributed by atoms with Gasteiger partial charge in [-0.3, -0.25) is 14.3 Å². The van der Waals surface area contributed by atoms with E-state index in [-0.39, 0.29) is 18.3 Å². The third-order valence-electron chi connectivity index (χ3n) is 3.07. The van der Waals surface area contributed by atoms with Crippen LogP contribution in [0.5, 0.6) is 0 Å². The minimum Gasteiger partial charge on any atom is -0.469 e. The highest BCUT2D eigenvalue weighted by molar-refractivity contribution is 5.94. The zero-order chi connectivity index (χ0) is 15.2. The number of amides is 1. The Morgan fingerprint density at radius 2 is 2.05 bits per heavy atom. The predicted octanol–water partition coefficient (Wildman–Crippen LogP) is 1.45. The maximum Gasteiger partial charge on any atom is 0.307 e. The quantitative estimate of drug-likeness (QED) is 0.845. The van der Waals surface area contributed by atoms with Gasteiger partial charge in [-0.25, -0.2) is 0 Å². The summed E-state index contributed by atoms with van der Waals surface area (Å²) >= 11 is 0. The van der Waals surface area contributed by atoms with Crippen molar-refractivity contribution in [3.05, 3.63) is 53.9 Å². The minimum absolute atomic E-state index is 0.0759. The molecular formula is C15H17N3O3. The third kappa shape index (κ3) is 3.92. The van der Waals surface area contributed by atoms with E-state index in [4.69, 9.17) is 0 Å². The van der Waals surface area contributed by atoms with Crippen LogP contribution in [0.1, 0.15) is 28.4 Å². The second-order valence-corrected chi connectivity index (χ2v) is 4.62. The largest absolute Gasteiger partial charge is 0.469 e. The third-order valence-corrected chi connectivity index (χ3v) is 3.07. The number of ether oxygens (including phenoxy) is 1. The predicted molar refractivity (Wildman–Crippen MR) is 76.5 cm³/mol. The summed E-state index contributed by atoms with van der Waals surface area (Å²) < 4.78 is 6.24. The van der Waals surface area contributed by atoms with Gasteiger partial charge in [-0.05, 0) is 5.56 Å². The number of rotatable bonds is 5. The van der Waals surface area contributed by atoms with Crippen LogP contribution in [-0.4, -0.2) is 28.8 Å². The van der Waals surface area contributed by atoms with Crippen LogP contribution in [0, 0.1) is 0 Å². The van der Waals surface area contributed by atoms with Crippen LogP contribution >= 0.6 is 0 Å². The number of esters is 1. The molecule has 0 bridgehead atoms. The highest BCUT2D eigenvalue weighted by Crippen LogP contribution is 2.17. The van der Waals surface area contributed by atoms with E-state index in [9.17, 15) is 9.59 Å². The number of hydrogen-bond acceptors (Lipinski definition) is 4. The summed E-state index contributed by atoms with van der Waals surface area (Å²) in [4.78, 5) is 23.7. The van der Waals surface area contributed by atoms with Crippen molar-refractivity contribution in [1.29, 1.82) is 0 Å². The molecule has 1 aromatic carbocycles. The average molecular weight is 287 g/mol. The summed E-state index contributed by atoms with van der Waals surface area (Å²) in [6.45, 7) is 0. The second kappa shape index (κ2) is 6.69. The number of benzene rings is 1. The molecular weight excluding hydrogens is 270 g/mol. The van der Waals surface area contributed by atoms with Gasteiger partial charge in [0.25, 0.3) is 5.91 Å². The van der Waals surface area contributed by atoms with Crippen LogP contribution in [-0.2, 0) is 16.6 Å². The van der Waals surface area contributed by atoms with Crippen molar-refractivity contribution in [2.75, 3.05) is 7.11 Å². The summed E-state index contributed by atoms with van der Waals surface area (Å²) in [5, 5.41) is 6.79. The fraction of sp³-hybridized carbons (Fsp3) is 0.267. The first-order valence-electron chi connectivity index (χ1n) is 6.51. The van der Waals surface area contributed by atoms with E-state index in [0.29, 0.717) is 5.56 Å². The number of nitrogens with zero attached hydrogens (tertiary/aromatic N) is 2. The van der Waals surface area contributed by atoms with Crippen LogP contribution in [0.15, 0.2) is 42.7 Å². The Morgan fingerprint density at radius 3 is 2.62 bits per heavy atom. The molecule has 110 valence electrons. The summed E-state index contributed by atoms with van der Waals surface area (Å²) in [6.07, 6.45) is 3.18. The number of methoxy groups -OCH3 is 1. The number of carbonyl (C=O) groups excluding carboxylic acids is 2. The SMILES string of the molecule is COC(=O)C[C@H](NC(=O)c1cnn(C)c1)c1ccccc1. The maximum absolute atomic E-state index is 12.2. The molecule has 21 heavy (non-hydrogen) atoms. The molecule has 0 unspecified atom stereocenters. The van der Waals surface area contributed by atoms with Crippen molar-refractivity contribution in [2.45, 2.75) is 12.5 Å². The molecule has 0 radical (unpaired) electrons. The fourth-order valence-corrected chi connectivity index (χ4v) is 1.97. The smallest absolute Gasteiger partial charge is 0.307 e. The lowest BCUT2D eigenvalue weighted by Crippen LogP contribution is -2.30. The van der Waals surface area contributed by atoms with E-state index in [1.165, 1.54) is 13.3 Å². The zero-order valence-electron chi connectivity index (χ0n) is 11.9. The Kier molecular flexibility index (Phi) is 4.71. The highest BCUT2D eigenvalue weighted by Gasteiger charge is 2.20. The van der Waals surface area contributed by atoms with Crippen LogP contribution in [0.25, 0.3) is 0 Å². The van der Waals surface area contributed by atoms with Crippen molar-refractivity contribution in [3.8, 4) is 0 Å². The van der Waals surface area contributed by atoms with Gasteiger partial charge in [0.2, 0.25) is 0 Å². The molecule has 1 amide bonds. The van der Waals surface area contributed by atoms with E-state index in [1.807, 2.05) is 30.3 Å². The van der Waals surface area contributed by atoms with Gasteiger partial charge < -0.3 is 10.1 Å². The van der Waals surface area contributed by atoms with Gasteiger partial charge in [0.1, 0.15) is 0 Å². The number of carbonyl (C=O) groups is 2. The molecule has 0 spiro atoms. The summed E-state index contributed by atoms with van der Waals surface area (Å²) in [5.74, 6) is -0.656. The van der Waals surface area contributed by atoms with Gasteiger partial charge in [-0.2, -0.15) is 5.10 Å². The van der Waals surface area contributed by atoms with Gasteiger partial charge in [-0.1, -0.05) is 30.3 Å². The maximum atomic E-state index is 12.2. The van der Waals surface area contributed by atoms with Crippen LogP contribution in [0.4, 0.5) is 0 Å². The number of hydrogen-bond donors (Lipinski definition) is 1. The first-order valence-corrected chi connectivity index (χ1v) is 6.51. The van der Waals surface area contributed by atoms with Crippen molar-refractivity contribution < 1.29 is 14.3 Å². The normalized spacial score (nSPS) is 11.7. The number of nitrogens with one attached hydrogen (secondary N) is 1.